The van der Waals surface area contributed by atoms with E-state index in [1.54, 1.807) is 12.4 Å². The summed E-state index contributed by atoms with van der Waals surface area (Å²) in [7, 11) is 0. The molecule has 1 saturated heterocycles. The average Bonchev–Trinajstić information content (AvgIpc) is 3.23. The van der Waals surface area contributed by atoms with Gasteiger partial charge in [-0.05, 0) is 49.8 Å². The highest BCUT2D eigenvalue weighted by atomic mass is 32.2. The van der Waals surface area contributed by atoms with Gasteiger partial charge in [-0.25, -0.2) is 0 Å². The summed E-state index contributed by atoms with van der Waals surface area (Å²) in [5, 5.41) is 8.30. The number of benzene rings is 1. The summed E-state index contributed by atoms with van der Waals surface area (Å²) in [6.45, 7) is 3.53. The fourth-order valence-corrected chi connectivity index (χ4v) is 4.40. The summed E-state index contributed by atoms with van der Waals surface area (Å²) < 4.78 is 5.70. The summed E-state index contributed by atoms with van der Waals surface area (Å²) in [5.74, 6) is 1.22. The van der Waals surface area contributed by atoms with Crippen LogP contribution in [0.5, 0.6) is 0 Å². The molecule has 7 heteroatoms. The van der Waals surface area contributed by atoms with Crippen LogP contribution in [0.25, 0.3) is 11.5 Å². The largest absolute Gasteiger partial charge is 0.411 e. The molecule has 1 amide bonds. The van der Waals surface area contributed by atoms with E-state index < -0.39 is 0 Å². The lowest BCUT2D eigenvalue weighted by Gasteiger charge is -2.33. The van der Waals surface area contributed by atoms with E-state index in [1.807, 2.05) is 30.0 Å². The van der Waals surface area contributed by atoms with Crippen molar-refractivity contribution >= 4 is 17.7 Å². The van der Waals surface area contributed by atoms with Gasteiger partial charge in [-0.1, -0.05) is 42.1 Å². The van der Waals surface area contributed by atoms with Crippen LogP contribution in [0.2, 0.25) is 0 Å². The number of aromatic nitrogens is 3. The average molecular weight is 409 g/mol. The number of hydrogen-bond donors (Lipinski definition) is 0. The van der Waals surface area contributed by atoms with E-state index in [2.05, 4.69) is 39.4 Å². The van der Waals surface area contributed by atoms with Gasteiger partial charge in [-0.15, -0.1) is 10.2 Å². The lowest BCUT2D eigenvalue weighted by molar-refractivity contribution is -0.131. The Hall–Kier alpha value is -2.67. The molecule has 3 heterocycles. The van der Waals surface area contributed by atoms with E-state index in [0.29, 0.717) is 17.0 Å². The number of piperidine rings is 1. The minimum absolute atomic E-state index is 0.136. The molecule has 4 rings (SSSR count). The standard InChI is InChI=1S/C22H24N4O2S/c1-16(29-22-25-24-20(28-22)19-7-11-23-12-8-19)21(27)26-13-9-18(10-14-26)15-17-5-3-2-4-6-17/h2-8,11-12,16,18H,9-10,13-15H2,1H3/t16-/m1/s1. The number of hydrogen-bond acceptors (Lipinski definition) is 6. The van der Waals surface area contributed by atoms with Crippen LogP contribution in [-0.2, 0) is 11.2 Å². The zero-order valence-electron chi connectivity index (χ0n) is 16.4. The molecule has 6 nitrogen and oxygen atoms in total. The molecule has 0 aliphatic carbocycles. The number of thioether (sulfide) groups is 1. The van der Waals surface area contributed by atoms with Gasteiger partial charge >= 0.3 is 0 Å². The number of pyridine rings is 1. The SMILES string of the molecule is C[C@@H](Sc1nnc(-c2ccncc2)o1)C(=O)N1CCC(Cc2ccccc2)CC1. The van der Waals surface area contributed by atoms with Crippen LogP contribution < -0.4 is 0 Å². The molecule has 0 unspecified atom stereocenters. The maximum atomic E-state index is 12.9. The van der Waals surface area contributed by atoms with E-state index in [4.69, 9.17) is 4.42 Å². The van der Waals surface area contributed by atoms with Crippen LogP contribution in [0.1, 0.15) is 25.3 Å². The predicted octanol–water partition coefficient (Wildman–Crippen LogP) is 4.09. The molecule has 1 atom stereocenters. The second kappa shape index (κ2) is 9.22. The highest BCUT2D eigenvalue weighted by molar-refractivity contribution is 8.00. The lowest BCUT2D eigenvalue weighted by atomic mass is 9.90. The number of rotatable bonds is 6. The number of likely N-dealkylation sites (tertiary alicyclic amines) is 1. The molecule has 1 aromatic carbocycles. The van der Waals surface area contributed by atoms with E-state index in [-0.39, 0.29) is 11.2 Å². The van der Waals surface area contributed by atoms with Crippen LogP contribution in [0.15, 0.2) is 64.5 Å². The van der Waals surface area contributed by atoms with Gasteiger partial charge in [-0.3, -0.25) is 9.78 Å². The Balaban J connectivity index is 1.28. The highest BCUT2D eigenvalue weighted by Gasteiger charge is 2.27. The Labute approximate surface area is 174 Å². The Bertz CT molecular complexity index is 924. The molecule has 1 aliphatic rings. The minimum Gasteiger partial charge on any atom is -0.411 e. The number of amides is 1. The van der Waals surface area contributed by atoms with Gasteiger partial charge in [0.05, 0.1) is 5.25 Å². The fraction of sp³-hybridized carbons (Fsp3) is 0.364. The minimum atomic E-state index is -0.258. The molecule has 2 aromatic heterocycles. The van der Waals surface area contributed by atoms with Crippen molar-refractivity contribution < 1.29 is 9.21 Å². The van der Waals surface area contributed by atoms with E-state index >= 15 is 0 Å². The summed E-state index contributed by atoms with van der Waals surface area (Å²) >= 11 is 1.32. The molecule has 0 spiro atoms. The zero-order valence-corrected chi connectivity index (χ0v) is 17.2. The monoisotopic (exact) mass is 408 g/mol. The second-order valence-electron chi connectivity index (χ2n) is 7.33. The Morgan fingerprint density at radius 1 is 1.14 bits per heavy atom. The molecule has 3 aromatic rings. The summed E-state index contributed by atoms with van der Waals surface area (Å²) in [5.41, 5.74) is 2.20. The smallest absolute Gasteiger partial charge is 0.277 e. The molecule has 150 valence electrons. The van der Waals surface area contributed by atoms with Crippen molar-refractivity contribution in [2.75, 3.05) is 13.1 Å². The Morgan fingerprint density at radius 3 is 2.59 bits per heavy atom. The van der Waals surface area contributed by atoms with Crippen LogP contribution in [-0.4, -0.2) is 44.3 Å². The van der Waals surface area contributed by atoms with Gasteiger partial charge in [0.2, 0.25) is 11.8 Å². The molecule has 1 fully saturated rings. The van der Waals surface area contributed by atoms with Crippen molar-refractivity contribution in [3.05, 3.63) is 60.4 Å². The first-order valence-corrected chi connectivity index (χ1v) is 10.8. The maximum Gasteiger partial charge on any atom is 0.277 e. The summed E-state index contributed by atoms with van der Waals surface area (Å²) in [4.78, 5) is 18.8. The quantitative estimate of drug-likeness (QED) is 0.572. The molecule has 0 radical (unpaired) electrons. The molecular formula is C22H24N4O2S. The summed E-state index contributed by atoms with van der Waals surface area (Å²) in [6.07, 6.45) is 6.54. The third-order valence-electron chi connectivity index (χ3n) is 5.25. The van der Waals surface area contributed by atoms with Crippen molar-refractivity contribution in [3.8, 4) is 11.5 Å². The number of carbonyl (C=O) groups is 1. The predicted molar refractivity (Wildman–Crippen MR) is 112 cm³/mol. The van der Waals surface area contributed by atoms with E-state index in [9.17, 15) is 4.79 Å². The third kappa shape index (κ3) is 5.03. The number of carbonyl (C=O) groups excluding carboxylic acids is 1. The first-order chi connectivity index (χ1) is 14.2. The molecule has 0 saturated carbocycles. The third-order valence-corrected chi connectivity index (χ3v) is 6.17. The van der Waals surface area contributed by atoms with Gasteiger partial charge < -0.3 is 9.32 Å². The van der Waals surface area contributed by atoms with Crippen molar-refractivity contribution in [2.24, 2.45) is 5.92 Å². The van der Waals surface area contributed by atoms with Gasteiger partial charge in [0.25, 0.3) is 5.22 Å². The van der Waals surface area contributed by atoms with E-state index in [1.165, 1.54) is 17.3 Å². The van der Waals surface area contributed by atoms with Gasteiger partial charge in [0.15, 0.2) is 0 Å². The molecule has 29 heavy (non-hydrogen) atoms. The van der Waals surface area contributed by atoms with Gasteiger partial charge in [0, 0.05) is 31.0 Å². The zero-order chi connectivity index (χ0) is 20.1. The van der Waals surface area contributed by atoms with Gasteiger partial charge in [-0.2, -0.15) is 0 Å². The van der Waals surface area contributed by atoms with Crippen molar-refractivity contribution in [2.45, 2.75) is 36.7 Å². The molecular weight excluding hydrogens is 384 g/mol. The van der Waals surface area contributed by atoms with Crippen LogP contribution in [0.3, 0.4) is 0 Å². The molecule has 0 N–H and O–H groups in total. The van der Waals surface area contributed by atoms with Crippen LogP contribution >= 0.6 is 11.8 Å². The molecule has 1 aliphatic heterocycles. The first kappa shape index (κ1) is 19.6. The highest BCUT2D eigenvalue weighted by Crippen LogP contribution is 2.28. The number of nitrogens with zero attached hydrogens (tertiary/aromatic N) is 4. The fourth-order valence-electron chi connectivity index (χ4n) is 3.63. The maximum absolute atomic E-state index is 12.9. The van der Waals surface area contributed by atoms with Crippen molar-refractivity contribution in [3.63, 3.8) is 0 Å². The lowest BCUT2D eigenvalue weighted by Crippen LogP contribution is -2.42. The Morgan fingerprint density at radius 2 is 1.86 bits per heavy atom. The summed E-state index contributed by atoms with van der Waals surface area (Å²) in [6, 6.07) is 14.2. The normalized spacial score (nSPS) is 16.0. The second-order valence-corrected chi connectivity index (χ2v) is 8.62. The Kier molecular flexibility index (Phi) is 6.24. The van der Waals surface area contributed by atoms with Gasteiger partial charge in [0.1, 0.15) is 0 Å². The topological polar surface area (TPSA) is 72.1 Å². The first-order valence-electron chi connectivity index (χ1n) is 9.92. The van der Waals surface area contributed by atoms with Crippen molar-refractivity contribution in [1.82, 2.24) is 20.1 Å². The molecule has 0 bridgehead atoms. The van der Waals surface area contributed by atoms with Crippen LogP contribution in [0.4, 0.5) is 0 Å². The van der Waals surface area contributed by atoms with E-state index in [0.717, 1.165) is 37.9 Å². The van der Waals surface area contributed by atoms with Crippen molar-refractivity contribution in [1.29, 1.82) is 0 Å². The van der Waals surface area contributed by atoms with Crippen LogP contribution in [0, 0.1) is 5.92 Å².